The first-order valence-corrected chi connectivity index (χ1v) is 5.69. The van der Waals surface area contributed by atoms with Crippen molar-refractivity contribution in [2.75, 3.05) is 5.32 Å². The van der Waals surface area contributed by atoms with E-state index in [1.165, 1.54) is 10.4 Å². The molecular weight excluding hydrogens is 206 g/mol. The van der Waals surface area contributed by atoms with Gasteiger partial charge in [-0.05, 0) is 25.5 Å². The van der Waals surface area contributed by atoms with Crippen molar-refractivity contribution in [2.24, 2.45) is 0 Å². The molecule has 0 aliphatic rings. The van der Waals surface area contributed by atoms with Gasteiger partial charge in [-0.2, -0.15) is 0 Å². The standard InChI is InChI=1S/C11H13N3S/c1-8-3-4-11(12-5-8)13-6-10-9(2)14-7-15-10/h3-5,7H,6H2,1-2H3,(H,12,13). The van der Waals surface area contributed by atoms with E-state index in [4.69, 9.17) is 0 Å². The molecule has 0 bridgehead atoms. The number of rotatable bonds is 3. The number of nitrogens with zero attached hydrogens (tertiary/aromatic N) is 2. The van der Waals surface area contributed by atoms with Gasteiger partial charge in [-0.25, -0.2) is 9.97 Å². The van der Waals surface area contributed by atoms with Crippen LogP contribution in [0.15, 0.2) is 23.8 Å². The van der Waals surface area contributed by atoms with Gasteiger partial charge < -0.3 is 5.32 Å². The number of pyridine rings is 1. The lowest BCUT2D eigenvalue weighted by atomic mass is 10.3. The first-order chi connectivity index (χ1) is 7.25. The van der Waals surface area contributed by atoms with E-state index in [2.05, 4.69) is 21.4 Å². The third-order valence-corrected chi connectivity index (χ3v) is 3.12. The zero-order valence-corrected chi connectivity index (χ0v) is 9.64. The second kappa shape index (κ2) is 4.40. The molecule has 4 heteroatoms. The molecule has 0 radical (unpaired) electrons. The molecule has 2 aromatic heterocycles. The predicted octanol–water partition coefficient (Wildman–Crippen LogP) is 2.77. The summed E-state index contributed by atoms with van der Waals surface area (Å²) in [7, 11) is 0. The van der Waals surface area contributed by atoms with Crippen LogP contribution in [-0.2, 0) is 6.54 Å². The number of hydrogen-bond donors (Lipinski definition) is 1. The Balaban J connectivity index is 1.99. The molecule has 2 heterocycles. The summed E-state index contributed by atoms with van der Waals surface area (Å²) in [4.78, 5) is 9.74. The van der Waals surface area contributed by atoms with E-state index in [0.717, 1.165) is 18.1 Å². The van der Waals surface area contributed by atoms with Crippen LogP contribution in [0.3, 0.4) is 0 Å². The third-order valence-electron chi connectivity index (χ3n) is 2.19. The second-order valence-electron chi connectivity index (χ2n) is 3.44. The van der Waals surface area contributed by atoms with Crippen molar-refractivity contribution >= 4 is 17.2 Å². The summed E-state index contributed by atoms with van der Waals surface area (Å²) in [6.07, 6.45) is 1.86. The first-order valence-electron chi connectivity index (χ1n) is 4.81. The average Bonchev–Trinajstić information content (AvgIpc) is 2.63. The zero-order valence-electron chi connectivity index (χ0n) is 8.82. The molecule has 0 aliphatic carbocycles. The molecule has 0 amide bonds. The molecule has 0 saturated carbocycles. The summed E-state index contributed by atoms with van der Waals surface area (Å²) >= 11 is 1.67. The Bertz CT molecular complexity index is 433. The van der Waals surface area contributed by atoms with Crippen LogP contribution in [0.2, 0.25) is 0 Å². The number of anilines is 1. The van der Waals surface area contributed by atoms with Gasteiger partial charge in [0.15, 0.2) is 0 Å². The van der Waals surface area contributed by atoms with Gasteiger partial charge in [0.1, 0.15) is 5.82 Å². The van der Waals surface area contributed by atoms with Crippen molar-refractivity contribution in [3.63, 3.8) is 0 Å². The Labute approximate surface area is 93.2 Å². The van der Waals surface area contributed by atoms with E-state index >= 15 is 0 Å². The van der Waals surface area contributed by atoms with E-state index in [1.54, 1.807) is 11.3 Å². The topological polar surface area (TPSA) is 37.8 Å². The summed E-state index contributed by atoms with van der Waals surface area (Å²) < 4.78 is 0. The van der Waals surface area contributed by atoms with Crippen LogP contribution in [0.4, 0.5) is 5.82 Å². The highest BCUT2D eigenvalue weighted by Gasteiger charge is 2.00. The Morgan fingerprint density at radius 1 is 1.27 bits per heavy atom. The molecule has 0 fully saturated rings. The monoisotopic (exact) mass is 219 g/mol. The summed E-state index contributed by atoms with van der Waals surface area (Å²) in [6.45, 7) is 4.85. The highest BCUT2D eigenvalue weighted by molar-refractivity contribution is 7.09. The number of hydrogen-bond acceptors (Lipinski definition) is 4. The minimum Gasteiger partial charge on any atom is -0.365 e. The van der Waals surface area contributed by atoms with Crippen LogP contribution in [0.25, 0.3) is 0 Å². The number of nitrogens with one attached hydrogen (secondary N) is 1. The first kappa shape index (κ1) is 10.1. The van der Waals surface area contributed by atoms with E-state index in [1.807, 2.05) is 31.6 Å². The Morgan fingerprint density at radius 3 is 2.73 bits per heavy atom. The molecule has 2 rings (SSSR count). The quantitative estimate of drug-likeness (QED) is 0.862. The molecule has 78 valence electrons. The van der Waals surface area contributed by atoms with Crippen molar-refractivity contribution in [3.05, 3.63) is 40.0 Å². The molecule has 3 nitrogen and oxygen atoms in total. The lowest BCUT2D eigenvalue weighted by molar-refractivity contribution is 1.09. The fraction of sp³-hybridized carbons (Fsp3) is 0.273. The Hall–Kier alpha value is -1.42. The molecule has 0 spiro atoms. The van der Waals surface area contributed by atoms with Gasteiger partial charge in [-0.3, -0.25) is 0 Å². The van der Waals surface area contributed by atoms with E-state index in [0.29, 0.717) is 0 Å². The maximum atomic E-state index is 4.28. The third kappa shape index (κ3) is 2.53. The molecule has 0 saturated heterocycles. The van der Waals surface area contributed by atoms with Gasteiger partial charge in [0.25, 0.3) is 0 Å². The fourth-order valence-electron chi connectivity index (χ4n) is 1.24. The zero-order chi connectivity index (χ0) is 10.7. The van der Waals surface area contributed by atoms with Crippen LogP contribution in [0.5, 0.6) is 0 Å². The summed E-state index contributed by atoms with van der Waals surface area (Å²) in [5, 5.41) is 3.27. The fourth-order valence-corrected chi connectivity index (χ4v) is 1.96. The largest absolute Gasteiger partial charge is 0.365 e. The second-order valence-corrected chi connectivity index (χ2v) is 4.37. The summed E-state index contributed by atoms with van der Waals surface area (Å²) in [5.41, 5.74) is 4.14. The van der Waals surface area contributed by atoms with Crippen LogP contribution in [0, 0.1) is 13.8 Å². The normalized spacial score (nSPS) is 10.3. The SMILES string of the molecule is Cc1ccc(NCc2scnc2C)nc1. The number of thiazole rings is 1. The molecule has 0 aliphatic heterocycles. The van der Waals surface area contributed by atoms with Crippen LogP contribution >= 0.6 is 11.3 Å². The minimum absolute atomic E-state index is 0.798. The van der Waals surface area contributed by atoms with Crippen molar-refractivity contribution in [1.82, 2.24) is 9.97 Å². The van der Waals surface area contributed by atoms with Crippen molar-refractivity contribution in [1.29, 1.82) is 0 Å². The maximum Gasteiger partial charge on any atom is 0.126 e. The van der Waals surface area contributed by atoms with Crippen LogP contribution in [0.1, 0.15) is 16.1 Å². The molecule has 0 aromatic carbocycles. The molecule has 0 atom stereocenters. The predicted molar refractivity (Wildman–Crippen MR) is 63.2 cm³/mol. The van der Waals surface area contributed by atoms with E-state index < -0.39 is 0 Å². The number of aromatic nitrogens is 2. The minimum atomic E-state index is 0.798. The van der Waals surface area contributed by atoms with Gasteiger partial charge >= 0.3 is 0 Å². The molecular formula is C11H13N3S. The Morgan fingerprint density at radius 2 is 2.13 bits per heavy atom. The summed E-state index contributed by atoms with van der Waals surface area (Å²) in [6, 6.07) is 4.04. The maximum absolute atomic E-state index is 4.28. The lowest BCUT2D eigenvalue weighted by Gasteiger charge is -2.04. The van der Waals surface area contributed by atoms with Crippen molar-refractivity contribution < 1.29 is 0 Å². The van der Waals surface area contributed by atoms with Crippen molar-refractivity contribution in [2.45, 2.75) is 20.4 Å². The van der Waals surface area contributed by atoms with E-state index in [9.17, 15) is 0 Å². The Kier molecular flexibility index (Phi) is 2.97. The van der Waals surface area contributed by atoms with Gasteiger partial charge in [0.05, 0.1) is 17.7 Å². The van der Waals surface area contributed by atoms with Crippen molar-refractivity contribution in [3.8, 4) is 0 Å². The lowest BCUT2D eigenvalue weighted by Crippen LogP contribution is -2.00. The molecule has 0 unspecified atom stereocenters. The highest BCUT2D eigenvalue weighted by Crippen LogP contribution is 2.14. The van der Waals surface area contributed by atoms with Crippen LogP contribution in [-0.4, -0.2) is 9.97 Å². The average molecular weight is 219 g/mol. The van der Waals surface area contributed by atoms with Gasteiger partial charge in [-0.15, -0.1) is 11.3 Å². The van der Waals surface area contributed by atoms with Gasteiger partial charge in [-0.1, -0.05) is 6.07 Å². The van der Waals surface area contributed by atoms with Gasteiger partial charge in [0.2, 0.25) is 0 Å². The van der Waals surface area contributed by atoms with E-state index in [-0.39, 0.29) is 0 Å². The van der Waals surface area contributed by atoms with Crippen LogP contribution < -0.4 is 5.32 Å². The highest BCUT2D eigenvalue weighted by atomic mass is 32.1. The smallest absolute Gasteiger partial charge is 0.126 e. The van der Waals surface area contributed by atoms with Gasteiger partial charge in [0, 0.05) is 11.1 Å². The number of aryl methyl sites for hydroxylation is 2. The molecule has 2 aromatic rings. The molecule has 1 N–H and O–H groups in total. The molecule has 15 heavy (non-hydrogen) atoms. The summed E-state index contributed by atoms with van der Waals surface area (Å²) in [5.74, 6) is 0.911.